The van der Waals surface area contributed by atoms with Crippen LogP contribution in [0, 0.1) is 6.92 Å². The smallest absolute Gasteiger partial charge is 0.326 e. The first kappa shape index (κ1) is 16.5. The second-order valence-corrected chi connectivity index (χ2v) is 4.52. The third-order valence-corrected chi connectivity index (χ3v) is 2.85. The largest absolute Gasteiger partial charge is 0.481 e. The topological polar surface area (TPSA) is 107 Å². The number of carbonyl (C=O) groups excluding carboxylic acids is 1. The van der Waals surface area contributed by atoms with Crippen LogP contribution in [0.2, 0.25) is 0 Å². The molecule has 0 radical (unpaired) electrons. The minimum absolute atomic E-state index is 0.328. The van der Waals surface area contributed by atoms with E-state index in [1.807, 2.05) is 13.0 Å². The summed E-state index contributed by atoms with van der Waals surface area (Å²) in [5.74, 6) is -2.67. The quantitative estimate of drug-likeness (QED) is 0.736. The molecule has 3 N–H and O–H groups in total. The van der Waals surface area contributed by atoms with E-state index >= 15 is 0 Å². The summed E-state index contributed by atoms with van der Waals surface area (Å²) >= 11 is 0. The fraction of sp³-hybridized carbons (Fsp3) is 0.357. The lowest BCUT2D eigenvalue weighted by Gasteiger charge is -2.23. The molecule has 0 saturated heterocycles. The minimum Gasteiger partial charge on any atom is -0.481 e. The molecular formula is C14H18N2O5. The highest BCUT2D eigenvalue weighted by Gasteiger charge is 2.25. The summed E-state index contributed by atoms with van der Waals surface area (Å²) < 4.78 is 0. The standard InChI is InChI=1S/C14H18N2O5/c1-3-16(10-6-4-5-9(2)7-10)14(21)15-11(13(19)20)8-12(17)18/h4-7,11H,3,8H2,1-2H3,(H,15,21)(H,17,18)(H,19,20)/t11-/m0/s1. The van der Waals surface area contributed by atoms with Gasteiger partial charge in [0, 0.05) is 12.2 Å². The van der Waals surface area contributed by atoms with Crippen LogP contribution in [0.5, 0.6) is 0 Å². The Morgan fingerprint density at radius 1 is 1.29 bits per heavy atom. The minimum atomic E-state index is -1.46. The van der Waals surface area contributed by atoms with Gasteiger partial charge in [-0.05, 0) is 31.5 Å². The van der Waals surface area contributed by atoms with Crippen molar-refractivity contribution in [1.29, 1.82) is 0 Å². The molecule has 1 rings (SSSR count). The third kappa shape index (κ3) is 4.79. The third-order valence-electron chi connectivity index (χ3n) is 2.85. The summed E-state index contributed by atoms with van der Waals surface area (Å²) in [5, 5.41) is 19.8. The van der Waals surface area contributed by atoms with Crippen molar-refractivity contribution in [1.82, 2.24) is 5.32 Å². The fourth-order valence-electron chi connectivity index (χ4n) is 1.84. The molecule has 2 amide bonds. The highest BCUT2D eigenvalue weighted by atomic mass is 16.4. The molecule has 0 fully saturated rings. The molecular weight excluding hydrogens is 276 g/mol. The number of hydrogen-bond acceptors (Lipinski definition) is 3. The number of nitrogens with zero attached hydrogens (tertiary/aromatic N) is 1. The lowest BCUT2D eigenvalue weighted by atomic mass is 10.2. The number of urea groups is 1. The van der Waals surface area contributed by atoms with E-state index in [4.69, 9.17) is 10.2 Å². The molecule has 0 aliphatic heterocycles. The second-order valence-electron chi connectivity index (χ2n) is 4.52. The first-order valence-corrected chi connectivity index (χ1v) is 6.44. The van der Waals surface area contributed by atoms with Crippen LogP contribution in [-0.2, 0) is 9.59 Å². The van der Waals surface area contributed by atoms with Crippen LogP contribution in [0.15, 0.2) is 24.3 Å². The van der Waals surface area contributed by atoms with Crippen molar-refractivity contribution >= 4 is 23.7 Å². The van der Waals surface area contributed by atoms with E-state index in [9.17, 15) is 14.4 Å². The normalized spacial score (nSPS) is 11.5. The molecule has 1 aromatic rings. The molecule has 0 aliphatic rings. The summed E-state index contributed by atoms with van der Waals surface area (Å²) in [6.07, 6.45) is -0.674. The molecule has 0 aromatic heterocycles. The number of carboxylic acids is 2. The van der Waals surface area contributed by atoms with E-state index in [0.717, 1.165) is 5.56 Å². The number of aryl methyl sites for hydroxylation is 1. The number of amides is 2. The van der Waals surface area contributed by atoms with Crippen molar-refractivity contribution in [2.45, 2.75) is 26.3 Å². The van der Waals surface area contributed by atoms with Crippen molar-refractivity contribution < 1.29 is 24.6 Å². The lowest BCUT2D eigenvalue weighted by Crippen LogP contribution is -2.49. The van der Waals surface area contributed by atoms with E-state index in [1.54, 1.807) is 25.1 Å². The molecule has 0 heterocycles. The van der Waals surface area contributed by atoms with Crippen molar-refractivity contribution in [3.05, 3.63) is 29.8 Å². The Hall–Kier alpha value is -2.57. The van der Waals surface area contributed by atoms with Gasteiger partial charge >= 0.3 is 18.0 Å². The molecule has 7 nitrogen and oxygen atoms in total. The molecule has 114 valence electrons. The number of nitrogens with one attached hydrogen (secondary N) is 1. The SMILES string of the molecule is CCN(C(=O)N[C@@H](CC(=O)O)C(=O)O)c1cccc(C)c1. The van der Waals surface area contributed by atoms with Crippen LogP contribution in [-0.4, -0.2) is 40.8 Å². The van der Waals surface area contributed by atoms with Gasteiger partial charge in [0.1, 0.15) is 6.04 Å². The molecule has 21 heavy (non-hydrogen) atoms. The zero-order valence-corrected chi connectivity index (χ0v) is 11.9. The molecule has 1 atom stereocenters. The van der Waals surface area contributed by atoms with Gasteiger partial charge in [-0.2, -0.15) is 0 Å². The summed E-state index contributed by atoms with van der Waals surface area (Å²) in [4.78, 5) is 35.1. The number of anilines is 1. The Balaban J connectivity index is 2.88. The second kappa shape index (κ2) is 7.28. The molecule has 7 heteroatoms. The van der Waals surface area contributed by atoms with Gasteiger partial charge in [0.05, 0.1) is 6.42 Å². The molecule has 0 aliphatic carbocycles. The summed E-state index contributed by atoms with van der Waals surface area (Å²) in [7, 11) is 0. The van der Waals surface area contributed by atoms with Crippen molar-refractivity contribution in [3.63, 3.8) is 0 Å². The Labute approximate surface area is 122 Å². The van der Waals surface area contributed by atoms with Crippen LogP contribution in [0.25, 0.3) is 0 Å². The summed E-state index contributed by atoms with van der Waals surface area (Å²) in [6.45, 7) is 3.95. The highest BCUT2D eigenvalue weighted by molar-refractivity contribution is 5.95. The number of rotatable bonds is 6. The van der Waals surface area contributed by atoms with E-state index in [2.05, 4.69) is 5.32 Å². The van der Waals surface area contributed by atoms with Gasteiger partial charge < -0.3 is 15.5 Å². The zero-order valence-electron chi connectivity index (χ0n) is 11.9. The van der Waals surface area contributed by atoms with Crippen LogP contribution >= 0.6 is 0 Å². The summed E-state index contributed by atoms with van der Waals surface area (Å²) in [6, 6.07) is 5.07. The number of benzene rings is 1. The van der Waals surface area contributed by atoms with Gasteiger partial charge in [0.15, 0.2) is 0 Å². The molecule has 0 unspecified atom stereocenters. The van der Waals surface area contributed by atoms with Crippen LogP contribution in [0.1, 0.15) is 18.9 Å². The maximum Gasteiger partial charge on any atom is 0.326 e. The van der Waals surface area contributed by atoms with Crippen LogP contribution < -0.4 is 10.2 Å². The maximum absolute atomic E-state index is 12.1. The van der Waals surface area contributed by atoms with Gasteiger partial charge in [-0.1, -0.05) is 12.1 Å². The van der Waals surface area contributed by atoms with Crippen molar-refractivity contribution in [2.24, 2.45) is 0 Å². The van der Waals surface area contributed by atoms with Crippen molar-refractivity contribution in [2.75, 3.05) is 11.4 Å². The van der Waals surface area contributed by atoms with Gasteiger partial charge in [0.2, 0.25) is 0 Å². The molecule has 0 saturated carbocycles. The number of carbonyl (C=O) groups is 3. The lowest BCUT2D eigenvalue weighted by molar-refractivity contribution is -0.145. The van der Waals surface area contributed by atoms with E-state index < -0.39 is 30.4 Å². The van der Waals surface area contributed by atoms with Gasteiger partial charge in [-0.25, -0.2) is 9.59 Å². The predicted molar refractivity (Wildman–Crippen MR) is 76.4 cm³/mol. The van der Waals surface area contributed by atoms with Crippen LogP contribution in [0.4, 0.5) is 10.5 Å². The highest BCUT2D eigenvalue weighted by Crippen LogP contribution is 2.16. The average Bonchev–Trinajstić information content (AvgIpc) is 2.38. The summed E-state index contributed by atoms with van der Waals surface area (Å²) in [5.41, 5.74) is 1.58. The monoisotopic (exact) mass is 294 g/mol. The number of hydrogen-bond donors (Lipinski definition) is 3. The van der Waals surface area contributed by atoms with E-state index in [0.29, 0.717) is 12.2 Å². The van der Waals surface area contributed by atoms with Gasteiger partial charge in [-0.3, -0.25) is 9.69 Å². The predicted octanol–water partition coefficient (Wildman–Crippen LogP) is 1.46. The van der Waals surface area contributed by atoms with E-state index in [1.165, 1.54) is 4.90 Å². The van der Waals surface area contributed by atoms with Gasteiger partial charge in [0.25, 0.3) is 0 Å². The number of carboxylic acid groups (broad SMARTS) is 2. The van der Waals surface area contributed by atoms with E-state index in [-0.39, 0.29) is 0 Å². The fourth-order valence-corrected chi connectivity index (χ4v) is 1.84. The van der Waals surface area contributed by atoms with Crippen molar-refractivity contribution in [3.8, 4) is 0 Å². The first-order valence-electron chi connectivity index (χ1n) is 6.44. The average molecular weight is 294 g/mol. The first-order chi connectivity index (χ1) is 9.85. The molecule has 1 aromatic carbocycles. The molecule has 0 bridgehead atoms. The number of aliphatic carboxylic acids is 2. The Bertz CT molecular complexity index is 544. The van der Waals surface area contributed by atoms with Crippen LogP contribution in [0.3, 0.4) is 0 Å². The molecule has 0 spiro atoms. The Kier molecular flexibility index (Phi) is 5.71. The zero-order chi connectivity index (χ0) is 16.0. The Morgan fingerprint density at radius 2 is 1.95 bits per heavy atom. The Morgan fingerprint density at radius 3 is 2.43 bits per heavy atom. The van der Waals surface area contributed by atoms with Gasteiger partial charge in [-0.15, -0.1) is 0 Å². The maximum atomic E-state index is 12.1.